The number of rotatable bonds is 6. The van der Waals surface area contributed by atoms with Crippen LogP contribution in [0.4, 0.5) is 0 Å². The molecule has 17 heavy (non-hydrogen) atoms. The summed E-state index contributed by atoms with van der Waals surface area (Å²) in [6.07, 6.45) is 3.12. The van der Waals surface area contributed by atoms with Crippen LogP contribution in [-0.4, -0.2) is 23.4 Å². The molecule has 1 unspecified atom stereocenters. The Kier molecular flexibility index (Phi) is 4.75. The predicted octanol–water partition coefficient (Wildman–Crippen LogP) is 2.89. The molecule has 1 atom stereocenters. The van der Waals surface area contributed by atoms with E-state index in [2.05, 4.69) is 57.3 Å². The van der Waals surface area contributed by atoms with Crippen molar-refractivity contribution in [2.45, 2.75) is 47.1 Å². The Morgan fingerprint density at radius 3 is 2.41 bits per heavy atom. The molecule has 1 aromatic rings. The molecule has 0 aliphatic carbocycles. The fraction of sp³-hybridized carbons (Fsp3) is 0.786. The van der Waals surface area contributed by atoms with Crippen LogP contribution in [0.5, 0.6) is 0 Å². The van der Waals surface area contributed by atoms with Gasteiger partial charge in [0.2, 0.25) is 0 Å². The number of nitrogens with zero attached hydrogens (tertiary/aromatic N) is 2. The fourth-order valence-electron chi connectivity index (χ4n) is 2.05. The predicted molar refractivity (Wildman–Crippen MR) is 73.2 cm³/mol. The van der Waals surface area contributed by atoms with Gasteiger partial charge in [0, 0.05) is 18.8 Å². The van der Waals surface area contributed by atoms with Crippen LogP contribution in [0.3, 0.4) is 0 Å². The molecule has 1 N–H and O–H groups in total. The zero-order valence-corrected chi connectivity index (χ0v) is 12.1. The lowest BCUT2D eigenvalue weighted by Gasteiger charge is -2.33. The second-order valence-corrected chi connectivity index (χ2v) is 5.90. The molecular weight excluding hydrogens is 210 g/mol. The topological polar surface area (TPSA) is 29.9 Å². The molecule has 0 spiro atoms. The van der Waals surface area contributed by atoms with Gasteiger partial charge in [-0.05, 0) is 44.7 Å². The first-order chi connectivity index (χ1) is 7.89. The average molecular weight is 237 g/mol. The van der Waals surface area contributed by atoms with Gasteiger partial charge in [-0.1, -0.05) is 20.8 Å². The van der Waals surface area contributed by atoms with Crippen molar-refractivity contribution in [2.24, 2.45) is 11.3 Å². The van der Waals surface area contributed by atoms with Crippen LogP contribution in [0.15, 0.2) is 12.3 Å². The van der Waals surface area contributed by atoms with Gasteiger partial charge in [-0.3, -0.25) is 4.68 Å². The van der Waals surface area contributed by atoms with Crippen LogP contribution in [0.1, 0.15) is 46.4 Å². The molecule has 0 aliphatic rings. The Bertz CT molecular complexity index is 341. The number of nitrogens with one attached hydrogen (secondary N) is 1. The molecule has 3 nitrogen and oxygen atoms in total. The summed E-state index contributed by atoms with van der Waals surface area (Å²) in [4.78, 5) is 0. The van der Waals surface area contributed by atoms with Gasteiger partial charge in [-0.2, -0.15) is 5.10 Å². The first-order valence-electron chi connectivity index (χ1n) is 6.57. The molecule has 1 rings (SSSR count). The number of aromatic nitrogens is 2. The second kappa shape index (κ2) is 5.67. The molecule has 3 heteroatoms. The van der Waals surface area contributed by atoms with E-state index >= 15 is 0 Å². The van der Waals surface area contributed by atoms with Crippen LogP contribution in [0.25, 0.3) is 0 Å². The molecule has 0 bridgehead atoms. The van der Waals surface area contributed by atoms with E-state index in [0.717, 1.165) is 13.0 Å². The highest BCUT2D eigenvalue weighted by Crippen LogP contribution is 2.30. The Morgan fingerprint density at radius 2 is 2.00 bits per heavy atom. The van der Waals surface area contributed by atoms with Gasteiger partial charge in [-0.15, -0.1) is 0 Å². The van der Waals surface area contributed by atoms with Crippen molar-refractivity contribution in [3.63, 3.8) is 0 Å². The fourth-order valence-corrected chi connectivity index (χ4v) is 2.05. The third-order valence-corrected chi connectivity index (χ3v) is 3.75. The Balaban J connectivity index is 2.79. The molecule has 0 aliphatic heterocycles. The monoisotopic (exact) mass is 237 g/mol. The smallest absolute Gasteiger partial charge is 0.0630 e. The van der Waals surface area contributed by atoms with E-state index in [1.54, 1.807) is 0 Å². The third kappa shape index (κ3) is 3.56. The summed E-state index contributed by atoms with van der Waals surface area (Å²) in [5.74, 6) is 0.638. The first-order valence-corrected chi connectivity index (χ1v) is 6.57. The molecule has 0 saturated carbocycles. The summed E-state index contributed by atoms with van der Waals surface area (Å²) in [5.41, 5.74) is 1.47. The van der Waals surface area contributed by atoms with E-state index in [1.807, 2.05) is 11.7 Å². The zero-order chi connectivity index (χ0) is 13.1. The minimum absolute atomic E-state index is 0.269. The van der Waals surface area contributed by atoms with Gasteiger partial charge >= 0.3 is 0 Å². The minimum Gasteiger partial charge on any atom is -0.319 e. The number of hydrogen-bond acceptors (Lipinski definition) is 2. The highest BCUT2D eigenvalue weighted by molar-refractivity contribution is 5.04. The maximum Gasteiger partial charge on any atom is 0.0630 e. The minimum atomic E-state index is 0.269. The largest absolute Gasteiger partial charge is 0.319 e. The zero-order valence-electron chi connectivity index (χ0n) is 12.1. The Morgan fingerprint density at radius 1 is 1.35 bits per heavy atom. The van der Waals surface area contributed by atoms with Crippen molar-refractivity contribution < 1.29 is 0 Å². The normalized spacial score (nSPS) is 15.5. The van der Waals surface area contributed by atoms with Crippen LogP contribution in [0, 0.1) is 11.3 Å². The van der Waals surface area contributed by atoms with E-state index in [4.69, 9.17) is 0 Å². The van der Waals surface area contributed by atoms with E-state index in [9.17, 15) is 0 Å². The summed E-state index contributed by atoms with van der Waals surface area (Å²) in [6, 6.07) is 2.59. The Hall–Kier alpha value is -0.830. The van der Waals surface area contributed by atoms with E-state index < -0.39 is 0 Å². The molecule has 0 saturated heterocycles. The van der Waals surface area contributed by atoms with Crippen molar-refractivity contribution in [3.05, 3.63) is 18.0 Å². The maximum absolute atomic E-state index is 4.65. The quantitative estimate of drug-likeness (QED) is 0.824. The third-order valence-electron chi connectivity index (χ3n) is 3.75. The molecule has 0 amide bonds. The van der Waals surface area contributed by atoms with Gasteiger partial charge in [-0.25, -0.2) is 0 Å². The van der Waals surface area contributed by atoms with Crippen LogP contribution in [0.2, 0.25) is 0 Å². The maximum atomic E-state index is 4.65. The molecular formula is C14H27N3. The van der Waals surface area contributed by atoms with Gasteiger partial charge < -0.3 is 5.32 Å². The van der Waals surface area contributed by atoms with Crippen molar-refractivity contribution in [1.82, 2.24) is 15.1 Å². The van der Waals surface area contributed by atoms with Gasteiger partial charge in [0.1, 0.15) is 0 Å². The van der Waals surface area contributed by atoms with Gasteiger partial charge in [0.25, 0.3) is 0 Å². The molecule has 98 valence electrons. The summed E-state index contributed by atoms with van der Waals surface area (Å²) < 4.78 is 2.04. The number of hydrogen-bond donors (Lipinski definition) is 1. The van der Waals surface area contributed by atoms with Gasteiger partial charge in [0.15, 0.2) is 0 Å². The second-order valence-electron chi connectivity index (χ2n) is 5.90. The highest BCUT2D eigenvalue weighted by Gasteiger charge is 2.28. The molecule has 1 aromatic heterocycles. The lowest BCUT2D eigenvalue weighted by atomic mass is 9.75. The van der Waals surface area contributed by atoms with Crippen molar-refractivity contribution in [1.29, 1.82) is 0 Å². The molecule has 1 heterocycles. The summed E-state index contributed by atoms with van der Waals surface area (Å²) in [5, 5.41) is 7.95. The van der Waals surface area contributed by atoms with Crippen LogP contribution < -0.4 is 5.32 Å². The molecule has 0 fully saturated rings. The van der Waals surface area contributed by atoms with Crippen LogP contribution in [-0.2, 0) is 6.42 Å². The van der Waals surface area contributed by atoms with Crippen molar-refractivity contribution in [3.8, 4) is 0 Å². The van der Waals surface area contributed by atoms with Crippen LogP contribution >= 0.6 is 0 Å². The highest BCUT2D eigenvalue weighted by atomic mass is 15.3. The SMILES string of the molecule is CNCC(C)(Cc1ccn(C(C)C)n1)C(C)C. The molecule has 0 radical (unpaired) electrons. The average Bonchev–Trinajstić information content (AvgIpc) is 2.66. The first kappa shape index (κ1) is 14.2. The summed E-state index contributed by atoms with van der Waals surface area (Å²) >= 11 is 0. The standard InChI is InChI=1S/C14H27N3/c1-11(2)14(5,10-15-6)9-13-7-8-17(16-13)12(3)4/h7-8,11-12,15H,9-10H2,1-6H3. The van der Waals surface area contributed by atoms with Gasteiger partial charge in [0.05, 0.1) is 5.69 Å². The van der Waals surface area contributed by atoms with Crippen molar-refractivity contribution in [2.75, 3.05) is 13.6 Å². The van der Waals surface area contributed by atoms with Crippen molar-refractivity contribution >= 4 is 0 Å². The van der Waals surface area contributed by atoms with E-state index in [-0.39, 0.29) is 5.41 Å². The Labute approximate surface area is 106 Å². The van der Waals surface area contributed by atoms with E-state index in [0.29, 0.717) is 12.0 Å². The summed E-state index contributed by atoms with van der Waals surface area (Å²) in [6.45, 7) is 12.3. The lowest BCUT2D eigenvalue weighted by Crippen LogP contribution is -2.36. The lowest BCUT2D eigenvalue weighted by molar-refractivity contribution is 0.210. The summed E-state index contributed by atoms with van der Waals surface area (Å²) in [7, 11) is 2.02. The molecule has 0 aromatic carbocycles. The van der Waals surface area contributed by atoms with E-state index in [1.165, 1.54) is 5.69 Å².